The highest BCUT2D eigenvalue weighted by Gasteiger charge is 2.23. The number of rotatable bonds is 3. The van der Waals surface area contributed by atoms with Crippen LogP contribution in [0.2, 0.25) is 0 Å². The maximum Gasteiger partial charge on any atom is 0.277 e. The van der Waals surface area contributed by atoms with Gasteiger partial charge in [0, 0.05) is 36.4 Å². The summed E-state index contributed by atoms with van der Waals surface area (Å²) in [6, 6.07) is 10.8. The first kappa shape index (κ1) is 16.7. The number of nitrogens with one attached hydrogen (secondary N) is 2. The van der Waals surface area contributed by atoms with E-state index < -0.39 is 10.2 Å². The summed E-state index contributed by atoms with van der Waals surface area (Å²) in [5.41, 5.74) is 4.06. The lowest BCUT2D eigenvalue weighted by molar-refractivity contribution is 0.392. The third-order valence-corrected chi connectivity index (χ3v) is 5.49. The molecule has 0 aliphatic carbocycles. The van der Waals surface area contributed by atoms with Gasteiger partial charge in [-0.15, -0.1) is 0 Å². The molecule has 4 rings (SSSR count). The Balaban J connectivity index is 1.64. The molecule has 26 heavy (non-hydrogen) atoms. The van der Waals surface area contributed by atoms with Gasteiger partial charge in [0.05, 0.1) is 5.69 Å². The van der Waals surface area contributed by atoms with E-state index in [1.165, 1.54) is 10.4 Å². The molecular formula is C17H17N5O3S. The van der Waals surface area contributed by atoms with Gasteiger partial charge >= 0.3 is 0 Å². The first-order chi connectivity index (χ1) is 12.4. The van der Waals surface area contributed by atoms with E-state index in [-0.39, 0.29) is 12.1 Å². The summed E-state index contributed by atoms with van der Waals surface area (Å²) in [5.74, 6) is 0. The third kappa shape index (κ3) is 3.19. The van der Waals surface area contributed by atoms with Crippen LogP contribution in [0, 0.1) is 0 Å². The molecule has 0 radical (unpaired) electrons. The van der Waals surface area contributed by atoms with Gasteiger partial charge in [-0.3, -0.25) is 4.79 Å². The SMILES string of the molecule is NS(=O)(=O)N1CCc2cc(Nc3ccnc4[nH]c(=O)ccc34)ccc2C1. The first-order valence-electron chi connectivity index (χ1n) is 8.05. The van der Waals surface area contributed by atoms with Gasteiger partial charge in [0.2, 0.25) is 5.56 Å². The molecule has 3 aromatic rings. The van der Waals surface area contributed by atoms with Crippen molar-refractivity contribution < 1.29 is 8.42 Å². The predicted octanol–water partition coefficient (Wildman–Crippen LogP) is 1.23. The molecule has 1 aliphatic rings. The minimum Gasteiger partial charge on any atom is -0.355 e. The number of nitrogens with two attached hydrogens (primary N) is 1. The van der Waals surface area contributed by atoms with Gasteiger partial charge in [-0.25, -0.2) is 10.1 Å². The molecule has 0 saturated heterocycles. The molecule has 0 atom stereocenters. The van der Waals surface area contributed by atoms with Crippen molar-refractivity contribution in [2.75, 3.05) is 11.9 Å². The summed E-state index contributed by atoms with van der Waals surface area (Å²) in [4.78, 5) is 18.3. The summed E-state index contributed by atoms with van der Waals surface area (Å²) in [6.45, 7) is 0.655. The summed E-state index contributed by atoms with van der Waals surface area (Å²) < 4.78 is 24.3. The van der Waals surface area contributed by atoms with E-state index in [0.29, 0.717) is 18.6 Å². The Bertz CT molecular complexity index is 1160. The van der Waals surface area contributed by atoms with Crippen molar-refractivity contribution in [2.45, 2.75) is 13.0 Å². The van der Waals surface area contributed by atoms with E-state index in [2.05, 4.69) is 15.3 Å². The number of hydrogen-bond acceptors (Lipinski definition) is 5. The molecule has 134 valence electrons. The molecule has 8 nitrogen and oxygen atoms in total. The average molecular weight is 371 g/mol. The van der Waals surface area contributed by atoms with Gasteiger partial charge in [0.25, 0.3) is 10.2 Å². The summed E-state index contributed by atoms with van der Waals surface area (Å²) in [6.07, 6.45) is 2.23. The average Bonchev–Trinajstić information content (AvgIpc) is 2.60. The molecule has 0 saturated carbocycles. The van der Waals surface area contributed by atoms with Crippen molar-refractivity contribution in [3.63, 3.8) is 0 Å². The lowest BCUT2D eigenvalue weighted by Crippen LogP contribution is -2.40. The van der Waals surface area contributed by atoms with Gasteiger partial charge in [-0.2, -0.15) is 12.7 Å². The number of benzene rings is 1. The Hall–Kier alpha value is -2.75. The minimum absolute atomic E-state index is 0.199. The van der Waals surface area contributed by atoms with E-state index in [4.69, 9.17) is 5.14 Å². The quantitative estimate of drug-likeness (QED) is 0.639. The normalized spacial score (nSPS) is 15.0. The Kier molecular flexibility index (Phi) is 3.98. The molecule has 1 aliphatic heterocycles. The van der Waals surface area contributed by atoms with Crippen LogP contribution in [0.4, 0.5) is 11.4 Å². The maximum atomic E-state index is 11.5. The van der Waals surface area contributed by atoms with E-state index in [1.54, 1.807) is 12.3 Å². The summed E-state index contributed by atoms with van der Waals surface area (Å²) in [7, 11) is -3.67. The predicted molar refractivity (Wildman–Crippen MR) is 99.3 cm³/mol. The Morgan fingerprint density at radius 3 is 2.81 bits per heavy atom. The molecule has 1 aromatic carbocycles. The molecular weight excluding hydrogens is 354 g/mol. The Morgan fingerprint density at radius 2 is 2.00 bits per heavy atom. The van der Waals surface area contributed by atoms with E-state index >= 15 is 0 Å². The van der Waals surface area contributed by atoms with Crippen molar-refractivity contribution in [1.29, 1.82) is 0 Å². The van der Waals surface area contributed by atoms with Crippen molar-refractivity contribution in [3.05, 3.63) is 64.1 Å². The highest BCUT2D eigenvalue weighted by molar-refractivity contribution is 7.86. The second kappa shape index (κ2) is 6.20. The number of aromatic nitrogens is 2. The standard InChI is InChI=1S/C17H17N5O3S/c18-26(24,25)22-8-6-11-9-13(2-1-12(11)10-22)20-15-5-7-19-17-14(15)3-4-16(23)21-17/h1-5,7,9H,6,8,10H2,(H2,18,24,25)(H2,19,20,21,23). The molecule has 2 aromatic heterocycles. The second-order valence-corrected chi connectivity index (χ2v) is 7.73. The monoisotopic (exact) mass is 371 g/mol. The van der Waals surface area contributed by atoms with E-state index in [1.807, 2.05) is 24.3 Å². The van der Waals surface area contributed by atoms with Crippen LogP contribution in [-0.2, 0) is 23.2 Å². The van der Waals surface area contributed by atoms with E-state index in [0.717, 1.165) is 27.9 Å². The number of H-pyrrole nitrogens is 1. The van der Waals surface area contributed by atoms with Gasteiger partial charge in [-0.05, 0) is 41.8 Å². The summed E-state index contributed by atoms with van der Waals surface area (Å²) >= 11 is 0. The fraction of sp³-hybridized carbons (Fsp3) is 0.176. The van der Waals surface area contributed by atoms with Crippen LogP contribution in [0.15, 0.2) is 47.4 Å². The van der Waals surface area contributed by atoms with Gasteiger partial charge in [0.15, 0.2) is 0 Å². The molecule has 0 amide bonds. The highest BCUT2D eigenvalue weighted by Crippen LogP contribution is 2.27. The molecule has 9 heteroatoms. The van der Waals surface area contributed by atoms with Crippen LogP contribution in [-0.4, -0.2) is 29.2 Å². The van der Waals surface area contributed by atoms with Crippen LogP contribution in [0.5, 0.6) is 0 Å². The number of hydrogen-bond donors (Lipinski definition) is 3. The van der Waals surface area contributed by atoms with Crippen LogP contribution in [0.25, 0.3) is 11.0 Å². The molecule has 0 fully saturated rings. The van der Waals surface area contributed by atoms with Crippen molar-refractivity contribution in [2.24, 2.45) is 5.14 Å². The van der Waals surface area contributed by atoms with Gasteiger partial charge in [-0.1, -0.05) is 6.07 Å². The van der Waals surface area contributed by atoms with Crippen molar-refractivity contribution >= 4 is 32.6 Å². The molecule has 0 unspecified atom stereocenters. The van der Waals surface area contributed by atoms with Crippen LogP contribution >= 0.6 is 0 Å². The number of anilines is 2. The molecule has 0 bridgehead atoms. The lowest BCUT2D eigenvalue weighted by atomic mass is 10.0. The highest BCUT2D eigenvalue weighted by atomic mass is 32.2. The smallest absolute Gasteiger partial charge is 0.277 e. The Labute approximate surface area is 149 Å². The number of aromatic amines is 1. The fourth-order valence-electron chi connectivity index (χ4n) is 3.15. The lowest BCUT2D eigenvalue weighted by Gasteiger charge is -2.26. The van der Waals surface area contributed by atoms with Crippen LogP contribution < -0.4 is 16.0 Å². The van der Waals surface area contributed by atoms with E-state index in [9.17, 15) is 13.2 Å². The largest absolute Gasteiger partial charge is 0.355 e. The Morgan fingerprint density at radius 1 is 1.15 bits per heavy atom. The topological polar surface area (TPSA) is 121 Å². The zero-order valence-electron chi connectivity index (χ0n) is 13.8. The first-order valence-corrected chi connectivity index (χ1v) is 9.55. The number of fused-ring (bicyclic) bond motifs is 2. The zero-order chi connectivity index (χ0) is 18.3. The second-order valence-electron chi connectivity index (χ2n) is 6.18. The van der Waals surface area contributed by atoms with Crippen molar-refractivity contribution in [1.82, 2.24) is 14.3 Å². The molecule has 3 heterocycles. The minimum atomic E-state index is -3.67. The zero-order valence-corrected chi connectivity index (χ0v) is 14.6. The van der Waals surface area contributed by atoms with Crippen LogP contribution in [0.3, 0.4) is 0 Å². The maximum absolute atomic E-state index is 11.5. The number of nitrogens with zero attached hydrogens (tertiary/aromatic N) is 2. The van der Waals surface area contributed by atoms with Crippen molar-refractivity contribution in [3.8, 4) is 0 Å². The fourth-order valence-corrected chi connectivity index (χ4v) is 3.81. The number of pyridine rings is 2. The summed E-state index contributed by atoms with van der Waals surface area (Å²) in [5, 5.41) is 9.37. The molecule has 4 N–H and O–H groups in total. The third-order valence-electron chi connectivity index (χ3n) is 4.46. The van der Waals surface area contributed by atoms with Crippen LogP contribution in [0.1, 0.15) is 11.1 Å². The molecule has 0 spiro atoms. The van der Waals surface area contributed by atoms with Gasteiger partial charge < -0.3 is 10.3 Å². The van der Waals surface area contributed by atoms with Gasteiger partial charge in [0.1, 0.15) is 5.65 Å².